The number of nitrogens with zero attached hydrogens (tertiary/aromatic N) is 3. The van der Waals surface area contributed by atoms with Crippen molar-refractivity contribution in [2.75, 3.05) is 36.4 Å². The van der Waals surface area contributed by atoms with Crippen LogP contribution in [0.3, 0.4) is 0 Å². The lowest BCUT2D eigenvalue weighted by Gasteiger charge is -2.37. The van der Waals surface area contributed by atoms with Crippen LogP contribution >= 0.6 is 0 Å². The van der Waals surface area contributed by atoms with E-state index in [0.717, 1.165) is 44.1 Å². The Morgan fingerprint density at radius 3 is 2.52 bits per heavy atom. The highest BCUT2D eigenvalue weighted by Gasteiger charge is 2.26. The number of rotatable bonds is 4. The molecule has 1 aliphatic rings. The molecule has 0 saturated carbocycles. The second kappa shape index (κ2) is 7.57. The molecule has 0 bridgehead atoms. The normalized spacial score (nSPS) is 16.5. The lowest BCUT2D eigenvalue weighted by atomic mass is 10.2. The van der Waals surface area contributed by atoms with Gasteiger partial charge < -0.3 is 10.2 Å². The zero-order valence-electron chi connectivity index (χ0n) is 14.0. The van der Waals surface area contributed by atoms with E-state index in [1.54, 1.807) is 6.20 Å². The first-order valence-electron chi connectivity index (χ1n) is 8.20. The van der Waals surface area contributed by atoms with Crippen LogP contribution in [0.2, 0.25) is 0 Å². The van der Waals surface area contributed by atoms with Gasteiger partial charge in [0.2, 0.25) is 5.91 Å². The van der Waals surface area contributed by atoms with Crippen molar-refractivity contribution in [2.45, 2.75) is 13.0 Å². The predicted molar refractivity (Wildman–Crippen MR) is 92.5 cm³/mol. The molecule has 2 heterocycles. The minimum atomic E-state index is -0.977. The van der Waals surface area contributed by atoms with Crippen LogP contribution in [0, 0.1) is 11.6 Å². The summed E-state index contributed by atoms with van der Waals surface area (Å²) in [6.45, 7) is 4.82. The van der Waals surface area contributed by atoms with Crippen molar-refractivity contribution in [3.8, 4) is 0 Å². The van der Waals surface area contributed by atoms with Gasteiger partial charge in [-0.3, -0.25) is 9.69 Å². The number of benzene rings is 1. The molecule has 1 aromatic heterocycles. The molecule has 0 aliphatic carbocycles. The Balaban J connectivity index is 1.55. The van der Waals surface area contributed by atoms with Gasteiger partial charge in [-0.1, -0.05) is 6.07 Å². The summed E-state index contributed by atoms with van der Waals surface area (Å²) in [5.74, 6) is -1.22. The molecule has 3 rings (SSSR count). The maximum absolute atomic E-state index is 13.2. The van der Waals surface area contributed by atoms with Gasteiger partial charge in [0, 0.05) is 44.1 Å². The monoisotopic (exact) mass is 346 g/mol. The molecule has 1 saturated heterocycles. The number of aromatic nitrogens is 1. The van der Waals surface area contributed by atoms with Crippen LogP contribution in [0.25, 0.3) is 0 Å². The van der Waals surface area contributed by atoms with E-state index in [1.165, 1.54) is 6.07 Å². The Morgan fingerprint density at radius 2 is 1.88 bits per heavy atom. The van der Waals surface area contributed by atoms with Gasteiger partial charge in [-0.15, -0.1) is 0 Å². The first-order chi connectivity index (χ1) is 12.0. The number of pyridine rings is 1. The van der Waals surface area contributed by atoms with E-state index in [0.29, 0.717) is 0 Å². The third-order valence-corrected chi connectivity index (χ3v) is 4.40. The highest BCUT2D eigenvalue weighted by molar-refractivity contribution is 5.94. The van der Waals surface area contributed by atoms with E-state index in [4.69, 9.17) is 0 Å². The average Bonchev–Trinajstić information content (AvgIpc) is 2.65. The van der Waals surface area contributed by atoms with Crippen LogP contribution in [0.5, 0.6) is 0 Å². The molecular weight excluding hydrogens is 326 g/mol. The maximum Gasteiger partial charge on any atom is 0.241 e. The van der Waals surface area contributed by atoms with Crippen LogP contribution in [-0.2, 0) is 4.79 Å². The summed E-state index contributed by atoms with van der Waals surface area (Å²) in [6, 6.07) is 8.77. The van der Waals surface area contributed by atoms with Crippen molar-refractivity contribution in [1.29, 1.82) is 0 Å². The molecule has 0 spiro atoms. The van der Waals surface area contributed by atoms with Crippen molar-refractivity contribution in [3.05, 3.63) is 54.2 Å². The lowest BCUT2D eigenvalue weighted by molar-refractivity contribution is -0.120. The van der Waals surface area contributed by atoms with Gasteiger partial charge in [-0.25, -0.2) is 13.8 Å². The summed E-state index contributed by atoms with van der Waals surface area (Å²) in [6.07, 6.45) is 1.76. The first-order valence-corrected chi connectivity index (χ1v) is 8.20. The van der Waals surface area contributed by atoms with Gasteiger partial charge in [-0.2, -0.15) is 0 Å². The van der Waals surface area contributed by atoms with Crippen LogP contribution in [0.1, 0.15) is 6.92 Å². The number of halogens is 2. The highest BCUT2D eigenvalue weighted by Crippen LogP contribution is 2.16. The minimum absolute atomic E-state index is 0.239. The number of piperazine rings is 1. The van der Waals surface area contributed by atoms with E-state index < -0.39 is 11.6 Å². The van der Waals surface area contributed by atoms with Gasteiger partial charge in [0.15, 0.2) is 11.6 Å². The summed E-state index contributed by atoms with van der Waals surface area (Å²) in [5.41, 5.74) is 0.253. The number of hydrogen-bond donors (Lipinski definition) is 1. The smallest absolute Gasteiger partial charge is 0.241 e. The van der Waals surface area contributed by atoms with Gasteiger partial charge >= 0.3 is 0 Å². The summed E-state index contributed by atoms with van der Waals surface area (Å²) < 4.78 is 26.2. The summed E-state index contributed by atoms with van der Waals surface area (Å²) in [7, 11) is 0. The van der Waals surface area contributed by atoms with Gasteiger partial charge in [0.05, 0.1) is 6.04 Å². The molecule has 2 aromatic rings. The number of amides is 1. The van der Waals surface area contributed by atoms with Crippen LogP contribution in [0.4, 0.5) is 20.3 Å². The Morgan fingerprint density at radius 1 is 1.12 bits per heavy atom. The zero-order valence-corrected chi connectivity index (χ0v) is 14.0. The van der Waals surface area contributed by atoms with Crippen molar-refractivity contribution < 1.29 is 13.6 Å². The summed E-state index contributed by atoms with van der Waals surface area (Å²) >= 11 is 0. The zero-order chi connectivity index (χ0) is 17.8. The van der Waals surface area contributed by atoms with Crippen LogP contribution in [-0.4, -0.2) is 48.0 Å². The highest BCUT2D eigenvalue weighted by atomic mass is 19.2. The first kappa shape index (κ1) is 17.3. The third-order valence-electron chi connectivity index (χ3n) is 4.40. The van der Waals surface area contributed by atoms with E-state index >= 15 is 0 Å². The van der Waals surface area contributed by atoms with E-state index in [1.807, 2.05) is 25.1 Å². The molecule has 1 amide bonds. The number of carbonyl (C=O) groups excluding carboxylic acids is 1. The van der Waals surface area contributed by atoms with Crippen molar-refractivity contribution in [2.24, 2.45) is 0 Å². The third kappa shape index (κ3) is 4.11. The molecule has 1 N–H and O–H groups in total. The molecule has 0 unspecified atom stereocenters. The fourth-order valence-corrected chi connectivity index (χ4v) is 2.87. The Bertz CT molecular complexity index is 733. The average molecular weight is 346 g/mol. The van der Waals surface area contributed by atoms with Crippen LogP contribution in [0.15, 0.2) is 42.6 Å². The molecule has 132 valence electrons. The molecule has 1 aromatic carbocycles. The largest absolute Gasteiger partial charge is 0.354 e. The van der Waals surface area contributed by atoms with E-state index in [-0.39, 0.29) is 17.6 Å². The lowest BCUT2D eigenvalue weighted by Crippen LogP contribution is -2.53. The Labute approximate surface area is 145 Å². The van der Waals surface area contributed by atoms with Crippen LogP contribution < -0.4 is 10.2 Å². The summed E-state index contributed by atoms with van der Waals surface area (Å²) in [4.78, 5) is 20.9. The molecule has 25 heavy (non-hydrogen) atoms. The number of carbonyl (C=O) groups is 1. The van der Waals surface area contributed by atoms with E-state index in [9.17, 15) is 13.6 Å². The van der Waals surface area contributed by atoms with E-state index in [2.05, 4.69) is 20.1 Å². The maximum atomic E-state index is 13.2. The standard InChI is InChI=1S/C18H20F2N4O/c1-13(18(25)22-14-5-6-15(19)16(20)12-14)23-8-10-24(11-9-23)17-4-2-3-7-21-17/h2-7,12-13H,8-11H2,1H3,(H,22,25)/t13-/m0/s1. The Hall–Kier alpha value is -2.54. The Kier molecular flexibility index (Phi) is 5.23. The second-order valence-corrected chi connectivity index (χ2v) is 6.01. The fourth-order valence-electron chi connectivity index (χ4n) is 2.87. The van der Waals surface area contributed by atoms with Gasteiger partial charge in [0.1, 0.15) is 5.82 Å². The van der Waals surface area contributed by atoms with Gasteiger partial charge in [-0.05, 0) is 31.2 Å². The molecule has 1 aliphatic heterocycles. The molecule has 5 nitrogen and oxygen atoms in total. The summed E-state index contributed by atoms with van der Waals surface area (Å²) in [5, 5.41) is 2.64. The molecule has 7 heteroatoms. The number of anilines is 2. The number of hydrogen-bond acceptors (Lipinski definition) is 4. The quantitative estimate of drug-likeness (QED) is 0.924. The van der Waals surface area contributed by atoms with Crippen molar-refractivity contribution >= 4 is 17.4 Å². The fraction of sp³-hybridized carbons (Fsp3) is 0.333. The predicted octanol–water partition coefficient (Wildman–Crippen LogP) is 2.51. The topological polar surface area (TPSA) is 48.5 Å². The number of nitrogens with one attached hydrogen (secondary N) is 1. The molecule has 0 radical (unpaired) electrons. The molecular formula is C18H20F2N4O. The molecule has 1 fully saturated rings. The SMILES string of the molecule is C[C@@H](C(=O)Nc1ccc(F)c(F)c1)N1CCN(c2ccccn2)CC1. The molecule has 1 atom stereocenters. The van der Waals surface area contributed by atoms with Crippen molar-refractivity contribution in [3.63, 3.8) is 0 Å². The second-order valence-electron chi connectivity index (χ2n) is 6.01. The minimum Gasteiger partial charge on any atom is -0.354 e. The van der Waals surface area contributed by atoms with Crippen molar-refractivity contribution in [1.82, 2.24) is 9.88 Å². The van der Waals surface area contributed by atoms with Gasteiger partial charge in [0.25, 0.3) is 0 Å².